The maximum atomic E-state index is 13.3. The van der Waals surface area contributed by atoms with E-state index in [0.717, 1.165) is 6.07 Å². The molecular formula is C13H9Cl2FN2O. The highest BCUT2D eigenvalue weighted by Crippen LogP contribution is 2.24. The van der Waals surface area contributed by atoms with E-state index in [-0.39, 0.29) is 22.2 Å². The van der Waals surface area contributed by atoms with Gasteiger partial charge in [0.2, 0.25) is 0 Å². The van der Waals surface area contributed by atoms with Gasteiger partial charge >= 0.3 is 0 Å². The van der Waals surface area contributed by atoms with Crippen molar-refractivity contribution in [2.24, 2.45) is 0 Å². The minimum atomic E-state index is -0.686. The molecule has 0 aliphatic heterocycles. The summed E-state index contributed by atoms with van der Waals surface area (Å²) >= 11 is 11.4. The average molecular weight is 299 g/mol. The zero-order valence-electron chi connectivity index (χ0n) is 9.66. The van der Waals surface area contributed by atoms with Crippen LogP contribution in [0.15, 0.2) is 36.5 Å². The lowest BCUT2D eigenvalue weighted by Gasteiger charge is -2.07. The van der Waals surface area contributed by atoms with Crippen molar-refractivity contribution in [3.63, 3.8) is 0 Å². The van der Waals surface area contributed by atoms with Crippen LogP contribution in [-0.4, -0.2) is 10.9 Å². The van der Waals surface area contributed by atoms with E-state index >= 15 is 0 Å². The van der Waals surface area contributed by atoms with Crippen molar-refractivity contribution in [3.8, 4) is 0 Å². The summed E-state index contributed by atoms with van der Waals surface area (Å²) in [5, 5.41) is 2.59. The largest absolute Gasteiger partial charge is 0.346 e. The Kier molecular flexibility index (Phi) is 4.35. The van der Waals surface area contributed by atoms with Gasteiger partial charge in [-0.3, -0.25) is 9.78 Å². The van der Waals surface area contributed by atoms with Crippen molar-refractivity contribution >= 4 is 29.1 Å². The number of aromatic nitrogens is 1. The molecule has 6 heteroatoms. The van der Waals surface area contributed by atoms with Crippen LogP contribution in [-0.2, 0) is 6.54 Å². The molecule has 2 rings (SSSR count). The molecule has 0 atom stereocenters. The number of amides is 1. The van der Waals surface area contributed by atoms with Crippen molar-refractivity contribution in [1.29, 1.82) is 0 Å². The van der Waals surface area contributed by atoms with Crippen molar-refractivity contribution in [3.05, 3.63) is 63.6 Å². The smallest absolute Gasteiger partial charge is 0.253 e. The SMILES string of the molecule is O=C(NCc1ccccn1)c1cc(F)c(Cl)cc1Cl. The van der Waals surface area contributed by atoms with Gasteiger partial charge in [-0.25, -0.2) is 4.39 Å². The summed E-state index contributed by atoms with van der Waals surface area (Å²) in [6.45, 7) is 0.236. The van der Waals surface area contributed by atoms with E-state index in [2.05, 4.69) is 10.3 Å². The van der Waals surface area contributed by atoms with E-state index in [4.69, 9.17) is 23.2 Å². The number of pyridine rings is 1. The number of nitrogens with zero attached hydrogens (tertiary/aromatic N) is 1. The summed E-state index contributed by atoms with van der Waals surface area (Å²) < 4.78 is 13.3. The maximum Gasteiger partial charge on any atom is 0.253 e. The number of nitrogens with one attached hydrogen (secondary N) is 1. The molecule has 98 valence electrons. The Morgan fingerprint density at radius 3 is 2.74 bits per heavy atom. The van der Waals surface area contributed by atoms with Gasteiger partial charge in [-0.15, -0.1) is 0 Å². The second kappa shape index (κ2) is 5.99. The second-order valence-electron chi connectivity index (χ2n) is 3.75. The predicted octanol–water partition coefficient (Wildman–Crippen LogP) is 3.46. The van der Waals surface area contributed by atoms with Crippen LogP contribution >= 0.6 is 23.2 Å². The molecule has 0 unspecified atom stereocenters. The molecule has 1 heterocycles. The van der Waals surface area contributed by atoms with Crippen LogP contribution in [0.1, 0.15) is 16.1 Å². The van der Waals surface area contributed by atoms with Crippen LogP contribution in [0.3, 0.4) is 0 Å². The molecule has 0 aliphatic rings. The lowest BCUT2D eigenvalue weighted by molar-refractivity contribution is 0.0950. The molecule has 19 heavy (non-hydrogen) atoms. The van der Waals surface area contributed by atoms with Crippen LogP contribution in [0.25, 0.3) is 0 Å². The van der Waals surface area contributed by atoms with E-state index in [1.54, 1.807) is 18.3 Å². The van der Waals surface area contributed by atoms with Gasteiger partial charge in [-0.1, -0.05) is 29.3 Å². The van der Waals surface area contributed by atoms with Crippen LogP contribution in [0.5, 0.6) is 0 Å². The molecule has 3 nitrogen and oxygen atoms in total. The fourth-order valence-electron chi connectivity index (χ4n) is 1.47. The molecule has 1 N–H and O–H groups in total. The normalized spacial score (nSPS) is 10.3. The van der Waals surface area contributed by atoms with Gasteiger partial charge in [0, 0.05) is 6.20 Å². The number of benzene rings is 1. The molecule has 0 saturated carbocycles. The molecule has 0 aliphatic carbocycles. The molecule has 0 radical (unpaired) electrons. The lowest BCUT2D eigenvalue weighted by Crippen LogP contribution is -2.23. The van der Waals surface area contributed by atoms with Crippen LogP contribution in [0, 0.1) is 5.82 Å². The van der Waals surface area contributed by atoms with Crippen molar-refractivity contribution in [2.75, 3.05) is 0 Å². The number of halogens is 3. The minimum absolute atomic E-state index is 0.0412. The molecule has 1 amide bonds. The topological polar surface area (TPSA) is 42.0 Å². The molecule has 2 aromatic rings. The number of hydrogen-bond donors (Lipinski definition) is 1. The van der Waals surface area contributed by atoms with E-state index in [0.29, 0.717) is 5.69 Å². The highest BCUT2D eigenvalue weighted by Gasteiger charge is 2.14. The Morgan fingerprint density at radius 1 is 1.26 bits per heavy atom. The van der Waals surface area contributed by atoms with E-state index in [9.17, 15) is 9.18 Å². The summed E-state index contributed by atoms with van der Waals surface area (Å²) in [6.07, 6.45) is 1.62. The third-order valence-corrected chi connectivity index (χ3v) is 3.01. The number of carbonyl (C=O) groups is 1. The van der Waals surface area contributed by atoms with Gasteiger partial charge < -0.3 is 5.32 Å². The van der Waals surface area contributed by atoms with Gasteiger partial charge in [0.05, 0.1) is 27.8 Å². The van der Waals surface area contributed by atoms with Gasteiger partial charge in [0.25, 0.3) is 5.91 Å². The third kappa shape index (κ3) is 3.43. The predicted molar refractivity (Wildman–Crippen MR) is 71.8 cm³/mol. The Bertz CT molecular complexity index is 605. The Balaban J connectivity index is 2.10. The molecule has 0 saturated heterocycles. The Labute approximate surface area is 119 Å². The Morgan fingerprint density at radius 2 is 2.05 bits per heavy atom. The minimum Gasteiger partial charge on any atom is -0.346 e. The number of rotatable bonds is 3. The molecule has 0 bridgehead atoms. The fourth-order valence-corrected chi connectivity index (χ4v) is 1.93. The zero-order chi connectivity index (χ0) is 13.8. The van der Waals surface area contributed by atoms with Crippen LogP contribution in [0.2, 0.25) is 10.0 Å². The van der Waals surface area contributed by atoms with Crippen LogP contribution < -0.4 is 5.32 Å². The summed E-state index contributed by atoms with van der Waals surface area (Å²) in [4.78, 5) is 15.9. The monoisotopic (exact) mass is 298 g/mol. The third-order valence-electron chi connectivity index (χ3n) is 2.41. The van der Waals surface area contributed by atoms with Gasteiger partial charge in [-0.05, 0) is 24.3 Å². The van der Waals surface area contributed by atoms with Crippen molar-refractivity contribution < 1.29 is 9.18 Å². The number of carbonyl (C=O) groups excluding carboxylic acids is 1. The van der Waals surface area contributed by atoms with Gasteiger partial charge in [0.1, 0.15) is 5.82 Å². The average Bonchev–Trinajstić information content (AvgIpc) is 2.41. The molecule has 1 aromatic heterocycles. The first kappa shape index (κ1) is 13.8. The summed E-state index contributed by atoms with van der Waals surface area (Å²) in [5.74, 6) is -1.17. The molecular weight excluding hydrogens is 290 g/mol. The number of hydrogen-bond acceptors (Lipinski definition) is 2. The van der Waals surface area contributed by atoms with Gasteiger partial charge in [-0.2, -0.15) is 0 Å². The Hall–Kier alpha value is -1.65. The highest BCUT2D eigenvalue weighted by molar-refractivity contribution is 6.36. The first-order valence-corrected chi connectivity index (χ1v) is 6.16. The summed E-state index contributed by atoms with van der Waals surface area (Å²) in [6, 6.07) is 7.57. The summed E-state index contributed by atoms with van der Waals surface area (Å²) in [7, 11) is 0. The molecule has 0 spiro atoms. The van der Waals surface area contributed by atoms with Crippen molar-refractivity contribution in [1.82, 2.24) is 10.3 Å². The zero-order valence-corrected chi connectivity index (χ0v) is 11.2. The first-order valence-electron chi connectivity index (χ1n) is 5.40. The second-order valence-corrected chi connectivity index (χ2v) is 4.56. The van der Waals surface area contributed by atoms with E-state index in [1.165, 1.54) is 6.07 Å². The quantitative estimate of drug-likeness (QED) is 0.882. The maximum absolute atomic E-state index is 13.3. The fraction of sp³-hybridized carbons (Fsp3) is 0.0769. The lowest BCUT2D eigenvalue weighted by atomic mass is 10.2. The van der Waals surface area contributed by atoms with Gasteiger partial charge in [0.15, 0.2) is 0 Å². The van der Waals surface area contributed by atoms with E-state index < -0.39 is 11.7 Å². The molecule has 0 fully saturated rings. The first-order chi connectivity index (χ1) is 9.08. The highest BCUT2D eigenvalue weighted by atomic mass is 35.5. The summed E-state index contributed by atoms with van der Waals surface area (Å²) in [5.41, 5.74) is 0.737. The van der Waals surface area contributed by atoms with Crippen LogP contribution in [0.4, 0.5) is 4.39 Å². The van der Waals surface area contributed by atoms with Crippen molar-refractivity contribution in [2.45, 2.75) is 6.54 Å². The standard InChI is InChI=1S/C13H9Cl2FN2O/c14-10-6-11(15)12(16)5-9(10)13(19)18-7-8-3-1-2-4-17-8/h1-6H,7H2,(H,18,19). The molecule has 1 aromatic carbocycles. The van der Waals surface area contributed by atoms with E-state index in [1.807, 2.05) is 6.07 Å².